The highest BCUT2D eigenvalue weighted by Crippen LogP contribution is 2.21. The first-order valence-electron chi connectivity index (χ1n) is 8.10. The first-order valence-corrected chi connectivity index (χ1v) is 8.10. The lowest BCUT2D eigenvalue weighted by Gasteiger charge is -2.10. The quantitative estimate of drug-likeness (QED) is 0.600. The number of nitrogens with one attached hydrogen (secondary N) is 1. The van der Waals surface area contributed by atoms with Gasteiger partial charge in [0.05, 0.1) is 22.9 Å². The van der Waals surface area contributed by atoms with E-state index < -0.39 is 6.09 Å². The van der Waals surface area contributed by atoms with Crippen molar-refractivity contribution in [2.24, 2.45) is 0 Å². The molecule has 0 aliphatic rings. The van der Waals surface area contributed by atoms with Gasteiger partial charge in [-0.05, 0) is 37.3 Å². The zero-order valence-corrected chi connectivity index (χ0v) is 14.3. The van der Waals surface area contributed by atoms with Crippen LogP contribution < -0.4 is 10.2 Å². The van der Waals surface area contributed by atoms with E-state index in [0.717, 1.165) is 11.0 Å². The van der Waals surface area contributed by atoms with E-state index in [2.05, 4.69) is 20.4 Å². The highest BCUT2D eigenvalue weighted by atomic mass is 19.1. The number of pyridine rings is 1. The molecule has 0 fully saturated rings. The van der Waals surface area contributed by atoms with Crippen LogP contribution in [0.5, 0.6) is 5.75 Å². The Bertz CT molecular complexity index is 1140. The molecule has 3 heterocycles. The summed E-state index contributed by atoms with van der Waals surface area (Å²) in [6.07, 6.45) is 4.04. The molecule has 0 atom stereocenters. The van der Waals surface area contributed by atoms with Crippen LogP contribution in [0.25, 0.3) is 22.4 Å². The number of carbonyl (C=O) groups excluding carboxylic acids is 1. The molecule has 0 aliphatic heterocycles. The van der Waals surface area contributed by atoms with Gasteiger partial charge in [0, 0.05) is 18.0 Å². The number of rotatable bonds is 3. The molecule has 1 aromatic carbocycles. The monoisotopic (exact) mass is 363 g/mol. The van der Waals surface area contributed by atoms with Crippen molar-refractivity contribution in [3.63, 3.8) is 0 Å². The van der Waals surface area contributed by atoms with Crippen molar-refractivity contribution >= 4 is 17.1 Å². The van der Waals surface area contributed by atoms with Crippen molar-refractivity contribution in [2.45, 2.75) is 6.92 Å². The predicted molar refractivity (Wildman–Crippen MR) is 97.3 cm³/mol. The van der Waals surface area contributed by atoms with Crippen LogP contribution in [0.2, 0.25) is 0 Å². The molecule has 1 amide bonds. The van der Waals surface area contributed by atoms with Gasteiger partial charge in [-0.1, -0.05) is 12.1 Å². The third-order valence-electron chi connectivity index (χ3n) is 3.89. The number of carbonyl (C=O) groups is 1. The van der Waals surface area contributed by atoms with Crippen LogP contribution in [0.15, 0.2) is 61.1 Å². The lowest BCUT2D eigenvalue weighted by Crippen LogP contribution is -2.25. The zero-order valence-electron chi connectivity index (χ0n) is 14.3. The number of ether oxygens (including phenoxy) is 1. The second-order valence-electron chi connectivity index (χ2n) is 5.75. The number of amides is 1. The smallest absolute Gasteiger partial charge is 0.406 e. The Morgan fingerprint density at radius 2 is 2.07 bits per heavy atom. The number of nitrogens with zero attached hydrogens (tertiary/aromatic N) is 4. The van der Waals surface area contributed by atoms with Crippen molar-refractivity contribution in [3.05, 3.63) is 72.6 Å². The number of halogens is 1. The molecule has 3 aromatic heterocycles. The van der Waals surface area contributed by atoms with E-state index in [9.17, 15) is 9.18 Å². The van der Waals surface area contributed by atoms with Crippen molar-refractivity contribution < 1.29 is 13.9 Å². The summed E-state index contributed by atoms with van der Waals surface area (Å²) in [7, 11) is 0. The van der Waals surface area contributed by atoms with Gasteiger partial charge in [-0.2, -0.15) is 0 Å². The molecule has 134 valence electrons. The molecule has 0 aliphatic carbocycles. The van der Waals surface area contributed by atoms with E-state index in [1.54, 1.807) is 43.6 Å². The summed E-state index contributed by atoms with van der Waals surface area (Å²) in [4.78, 5) is 24.8. The first-order chi connectivity index (χ1) is 13.1. The number of aromatic nitrogens is 4. The van der Waals surface area contributed by atoms with Gasteiger partial charge in [0.2, 0.25) is 0 Å². The van der Waals surface area contributed by atoms with Crippen LogP contribution in [-0.2, 0) is 0 Å². The SMILES string of the molecule is Cc1nc(-c2cccc(F)c2)ncc1OC(=O)Nn1ccc2ncccc21. The summed E-state index contributed by atoms with van der Waals surface area (Å²) >= 11 is 0. The second kappa shape index (κ2) is 6.83. The number of hydrogen-bond donors (Lipinski definition) is 1. The summed E-state index contributed by atoms with van der Waals surface area (Å²) in [6.45, 7) is 1.68. The highest BCUT2D eigenvalue weighted by molar-refractivity contribution is 5.83. The van der Waals surface area contributed by atoms with Gasteiger partial charge in [0.25, 0.3) is 0 Å². The van der Waals surface area contributed by atoms with Crippen LogP contribution in [0, 0.1) is 12.7 Å². The molecule has 7 nitrogen and oxygen atoms in total. The summed E-state index contributed by atoms with van der Waals surface area (Å²) < 4.78 is 20.2. The lowest BCUT2D eigenvalue weighted by molar-refractivity contribution is 0.211. The molecule has 4 rings (SSSR count). The van der Waals surface area contributed by atoms with Gasteiger partial charge in [-0.15, -0.1) is 0 Å². The topological polar surface area (TPSA) is 81.9 Å². The highest BCUT2D eigenvalue weighted by Gasteiger charge is 2.12. The molecule has 0 radical (unpaired) electrons. The molecule has 0 spiro atoms. The maximum atomic E-state index is 13.4. The average molecular weight is 363 g/mol. The Balaban J connectivity index is 1.51. The van der Waals surface area contributed by atoms with Crippen LogP contribution in [0.4, 0.5) is 9.18 Å². The van der Waals surface area contributed by atoms with E-state index >= 15 is 0 Å². The summed E-state index contributed by atoms with van der Waals surface area (Å²) in [5.41, 5.74) is 5.09. The molecule has 8 heteroatoms. The molecule has 0 unspecified atom stereocenters. The standard InChI is InChI=1S/C19H14FN5O2/c1-12-17(11-22-18(23-12)13-4-2-5-14(20)10-13)27-19(26)24-25-9-7-15-16(25)6-3-8-21-15/h2-11H,1H3,(H,24,26). The molecule has 4 aromatic rings. The summed E-state index contributed by atoms with van der Waals surface area (Å²) in [5.74, 6) is 0.186. The van der Waals surface area contributed by atoms with Gasteiger partial charge < -0.3 is 4.74 Å². The molecule has 27 heavy (non-hydrogen) atoms. The number of aryl methyl sites for hydroxylation is 1. The molecule has 0 saturated heterocycles. The van der Waals surface area contributed by atoms with Crippen molar-refractivity contribution in [1.29, 1.82) is 0 Å². The van der Waals surface area contributed by atoms with Crippen LogP contribution >= 0.6 is 0 Å². The van der Waals surface area contributed by atoms with Gasteiger partial charge in [-0.3, -0.25) is 9.66 Å². The van der Waals surface area contributed by atoms with Crippen LogP contribution in [-0.4, -0.2) is 25.7 Å². The first kappa shape index (κ1) is 16.6. The van der Waals surface area contributed by atoms with Crippen LogP contribution in [0.3, 0.4) is 0 Å². The van der Waals surface area contributed by atoms with Crippen molar-refractivity contribution in [3.8, 4) is 17.1 Å². The average Bonchev–Trinajstić information content (AvgIpc) is 3.06. The third-order valence-corrected chi connectivity index (χ3v) is 3.89. The van der Waals surface area contributed by atoms with Gasteiger partial charge >= 0.3 is 6.09 Å². The fourth-order valence-electron chi connectivity index (χ4n) is 2.61. The van der Waals surface area contributed by atoms with E-state index in [1.807, 2.05) is 6.07 Å². The maximum Gasteiger partial charge on any atom is 0.432 e. The Morgan fingerprint density at radius 3 is 2.89 bits per heavy atom. The fraction of sp³-hybridized carbons (Fsp3) is 0.0526. The van der Waals surface area contributed by atoms with Crippen molar-refractivity contribution in [2.75, 3.05) is 5.43 Å². The Labute approximate surface area is 153 Å². The molecule has 0 saturated carbocycles. The van der Waals surface area contributed by atoms with Crippen molar-refractivity contribution in [1.82, 2.24) is 19.6 Å². The normalized spacial score (nSPS) is 10.7. The Kier molecular flexibility index (Phi) is 4.21. The number of fused-ring (bicyclic) bond motifs is 1. The van der Waals surface area contributed by atoms with E-state index in [4.69, 9.17) is 4.74 Å². The maximum absolute atomic E-state index is 13.4. The Hall–Kier alpha value is -3.81. The van der Waals surface area contributed by atoms with E-state index in [0.29, 0.717) is 17.1 Å². The van der Waals surface area contributed by atoms with E-state index in [-0.39, 0.29) is 11.6 Å². The minimum absolute atomic E-state index is 0.210. The second-order valence-corrected chi connectivity index (χ2v) is 5.75. The molecule has 0 bridgehead atoms. The van der Waals surface area contributed by atoms with Gasteiger partial charge in [0.15, 0.2) is 11.6 Å². The number of benzene rings is 1. The third kappa shape index (κ3) is 3.45. The summed E-state index contributed by atoms with van der Waals surface area (Å²) in [6, 6.07) is 11.3. The fourth-order valence-corrected chi connectivity index (χ4v) is 2.61. The van der Waals surface area contributed by atoms with Gasteiger partial charge in [-0.25, -0.2) is 24.6 Å². The zero-order chi connectivity index (χ0) is 18.8. The minimum Gasteiger partial charge on any atom is -0.406 e. The number of hydrogen-bond acceptors (Lipinski definition) is 5. The molecular weight excluding hydrogens is 349 g/mol. The molecule has 1 N–H and O–H groups in total. The van der Waals surface area contributed by atoms with E-state index in [1.165, 1.54) is 23.0 Å². The largest absolute Gasteiger partial charge is 0.432 e. The molecular formula is C19H14FN5O2. The minimum atomic E-state index is -0.693. The van der Waals surface area contributed by atoms with Crippen LogP contribution in [0.1, 0.15) is 5.69 Å². The lowest BCUT2D eigenvalue weighted by atomic mass is 10.2. The Morgan fingerprint density at radius 1 is 1.19 bits per heavy atom. The predicted octanol–water partition coefficient (Wildman–Crippen LogP) is 3.68. The van der Waals surface area contributed by atoms with Gasteiger partial charge in [0.1, 0.15) is 5.82 Å². The summed E-state index contributed by atoms with van der Waals surface area (Å²) in [5, 5.41) is 0.